The Morgan fingerprint density at radius 3 is 2.07 bits per heavy atom. The van der Waals surface area contributed by atoms with E-state index in [1.807, 2.05) is 62.4 Å². The van der Waals surface area contributed by atoms with Gasteiger partial charge in [0, 0.05) is 24.2 Å². The molecule has 0 saturated carbocycles. The topological polar surface area (TPSA) is 58.2 Å². The number of benzene rings is 2. The Kier molecular flexibility index (Phi) is 7.43. The zero-order chi connectivity index (χ0) is 19.9. The summed E-state index contributed by atoms with van der Waals surface area (Å²) in [6, 6.07) is 15.2. The molecule has 4 nitrogen and oxygen atoms in total. The highest BCUT2D eigenvalue weighted by molar-refractivity contribution is 6.30. The van der Waals surface area contributed by atoms with E-state index in [4.69, 9.17) is 11.6 Å². The van der Waals surface area contributed by atoms with Crippen LogP contribution in [0.3, 0.4) is 0 Å². The Balaban J connectivity index is 1.99. The molecular formula is C22H27ClN2O2. The highest BCUT2D eigenvalue weighted by atomic mass is 35.5. The summed E-state index contributed by atoms with van der Waals surface area (Å²) in [6.07, 6.45) is 2.18. The maximum absolute atomic E-state index is 13.0. The minimum atomic E-state index is -0.542. The number of amides is 2. The van der Waals surface area contributed by atoms with Crippen LogP contribution in [0.2, 0.25) is 5.02 Å². The summed E-state index contributed by atoms with van der Waals surface area (Å²) in [5.74, 6) is -0.0441. The van der Waals surface area contributed by atoms with Gasteiger partial charge in [0.05, 0.1) is 5.41 Å². The maximum atomic E-state index is 13.0. The molecule has 0 fully saturated rings. The number of anilines is 1. The SMILES string of the molecule is CCC(CC)(C(=O)NCCc1ccc(NC(C)=O)cc1)c1ccc(Cl)cc1. The third kappa shape index (κ3) is 5.33. The molecule has 0 aliphatic carbocycles. The third-order valence-corrected chi connectivity index (χ3v) is 5.26. The Bertz CT molecular complexity index is 766. The first kappa shape index (κ1) is 21.0. The molecule has 27 heavy (non-hydrogen) atoms. The first-order valence-electron chi connectivity index (χ1n) is 9.32. The number of carbonyl (C=O) groups excluding carboxylic acids is 2. The van der Waals surface area contributed by atoms with Gasteiger partial charge in [-0.05, 0) is 54.7 Å². The van der Waals surface area contributed by atoms with E-state index in [-0.39, 0.29) is 11.8 Å². The molecule has 2 aromatic carbocycles. The van der Waals surface area contributed by atoms with Crippen LogP contribution in [0.1, 0.15) is 44.7 Å². The lowest BCUT2D eigenvalue weighted by Crippen LogP contribution is -2.44. The lowest BCUT2D eigenvalue weighted by Gasteiger charge is -2.31. The second-order valence-corrected chi connectivity index (χ2v) is 7.12. The molecule has 0 aliphatic rings. The van der Waals surface area contributed by atoms with Crippen molar-refractivity contribution in [3.05, 3.63) is 64.7 Å². The minimum absolute atomic E-state index is 0.0460. The zero-order valence-electron chi connectivity index (χ0n) is 16.1. The van der Waals surface area contributed by atoms with E-state index in [0.29, 0.717) is 11.6 Å². The van der Waals surface area contributed by atoms with Crippen LogP contribution in [0, 0.1) is 0 Å². The summed E-state index contributed by atoms with van der Waals surface area (Å²) in [6.45, 7) is 6.13. The molecule has 0 aromatic heterocycles. The normalized spacial score (nSPS) is 11.1. The van der Waals surface area contributed by atoms with Crippen molar-refractivity contribution in [2.75, 3.05) is 11.9 Å². The fraction of sp³-hybridized carbons (Fsp3) is 0.364. The van der Waals surface area contributed by atoms with Crippen LogP contribution in [-0.4, -0.2) is 18.4 Å². The molecule has 2 N–H and O–H groups in total. The van der Waals surface area contributed by atoms with E-state index in [0.717, 1.165) is 36.1 Å². The molecule has 0 unspecified atom stereocenters. The first-order chi connectivity index (χ1) is 12.9. The average molecular weight is 387 g/mol. The molecule has 2 aromatic rings. The highest BCUT2D eigenvalue weighted by Gasteiger charge is 2.36. The molecule has 0 radical (unpaired) electrons. The van der Waals surface area contributed by atoms with Crippen LogP contribution < -0.4 is 10.6 Å². The van der Waals surface area contributed by atoms with Gasteiger partial charge in [-0.2, -0.15) is 0 Å². The summed E-state index contributed by atoms with van der Waals surface area (Å²) in [5.41, 5.74) is 2.33. The molecule has 0 saturated heterocycles. The Morgan fingerprint density at radius 1 is 0.963 bits per heavy atom. The van der Waals surface area contributed by atoms with Gasteiger partial charge in [-0.3, -0.25) is 9.59 Å². The number of nitrogens with one attached hydrogen (secondary N) is 2. The van der Waals surface area contributed by atoms with Crippen molar-refractivity contribution in [2.24, 2.45) is 0 Å². The molecule has 0 heterocycles. The number of halogens is 1. The fourth-order valence-electron chi connectivity index (χ4n) is 3.33. The van der Waals surface area contributed by atoms with Crippen LogP contribution in [0.5, 0.6) is 0 Å². The Labute approximate surface area is 166 Å². The second-order valence-electron chi connectivity index (χ2n) is 6.68. The van der Waals surface area contributed by atoms with Gasteiger partial charge >= 0.3 is 0 Å². The molecular weight excluding hydrogens is 360 g/mol. The molecule has 2 rings (SSSR count). The van der Waals surface area contributed by atoms with Gasteiger partial charge in [-0.1, -0.05) is 49.7 Å². The predicted octanol–water partition coefficient (Wildman–Crippen LogP) is 4.72. The van der Waals surface area contributed by atoms with Crippen LogP contribution in [0.25, 0.3) is 0 Å². The van der Waals surface area contributed by atoms with Gasteiger partial charge in [-0.15, -0.1) is 0 Å². The minimum Gasteiger partial charge on any atom is -0.355 e. The first-order valence-corrected chi connectivity index (χ1v) is 9.70. The van der Waals surface area contributed by atoms with Crippen LogP contribution >= 0.6 is 11.6 Å². The van der Waals surface area contributed by atoms with E-state index in [9.17, 15) is 9.59 Å². The summed E-state index contributed by atoms with van der Waals surface area (Å²) in [4.78, 5) is 24.1. The predicted molar refractivity (Wildman–Crippen MR) is 111 cm³/mol. The van der Waals surface area contributed by atoms with Crippen molar-refractivity contribution in [2.45, 2.75) is 45.4 Å². The standard InChI is InChI=1S/C22H27ClN2O2/c1-4-22(5-2,18-8-10-19(23)11-9-18)21(27)24-15-14-17-6-12-20(13-7-17)25-16(3)26/h6-13H,4-5,14-15H2,1-3H3,(H,24,27)(H,25,26). The smallest absolute Gasteiger partial charge is 0.230 e. The second kappa shape index (κ2) is 9.56. The van der Waals surface area contributed by atoms with Gasteiger partial charge in [0.2, 0.25) is 11.8 Å². The van der Waals surface area contributed by atoms with E-state index in [2.05, 4.69) is 10.6 Å². The van der Waals surface area contributed by atoms with Gasteiger partial charge in [0.15, 0.2) is 0 Å². The summed E-state index contributed by atoms with van der Waals surface area (Å²) in [7, 11) is 0. The van der Waals surface area contributed by atoms with Gasteiger partial charge in [0.1, 0.15) is 0 Å². The lowest BCUT2D eigenvalue weighted by atomic mass is 9.75. The zero-order valence-corrected chi connectivity index (χ0v) is 16.9. The Hall–Kier alpha value is -2.33. The molecule has 0 spiro atoms. The van der Waals surface area contributed by atoms with E-state index in [1.165, 1.54) is 6.92 Å². The van der Waals surface area contributed by atoms with Crippen LogP contribution in [0.15, 0.2) is 48.5 Å². The molecule has 0 aliphatic heterocycles. The lowest BCUT2D eigenvalue weighted by molar-refractivity contribution is -0.127. The summed E-state index contributed by atoms with van der Waals surface area (Å²) < 4.78 is 0. The molecule has 0 atom stereocenters. The van der Waals surface area contributed by atoms with Gasteiger partial charge in [-0.25, -0.2) is 0 Å². The van der Waals surface area contributed by atoms with Crippen LogP contribution in [0.4, 0.5) is 5.69 Å². The number of hydrogen-bond donors (Lipinski definition) is 2. The monoisotopic (exact) mass is 386 g/mol. The molecule has 144 valence electrons. The number of carbonyl (C=O) groups is 2. The van der Waals surface area contributed by atoms with Crippen molar-refractivity contribution in [1.29, 1.82) is 0 Å². The van der Waals surface area contributed by atoms with Gasteiger partial charge in [0.25, 0.3) is 0 Å². The van der Waals surface area contributed by atoms with E-state index < -0.39 is 5.41 Å². The van der Waals surface area contributed by atoms with Crippen molar-refractivity contribution in [3.63, 3.8) is 0 Å². The molecule has 0 bridgehead atoms. The van der Waals surface area contributed by atoms with Gasteiger partial charge < -0.3 is 10.6 Å². The molecule has 5 heteroatoms. The molecule has 2 amide bonds. The van der Waals surface area contributed by atoms with E-state index >= 15 is 0 Å². The quantitative estimate of drug-likeness (QED) is 0.689. The summed E-state index contributed by atoms with van der Waals surface area (Å²) >= 11 is 5.99. The third-order valence-electron chi connectivity index (χ3n) is 5.01. The Morgan fingerprint density at radius 2 is 1.56 bits per heavy atom. The largest absolute Gasteiger partial charge is 0.355 e. The number of hydrogen-bond acceptors (Lipinski definition) is 2. The van der Waals surface area contributed by atoms with Crippen LogP contribution in [-0.2, 0) is 21.4 Å². The maximum Gasteiger partial charge on any atom is 0.230 e. The summed E-state index contributed by atoms with van der Waals surface area (Å²) in [5, 5.41) is 6.51. The van der Waals surface area contributed by atoms with Crippen molar-refractivity contribution in [1.82, 2.24) is 5.32 Å². The van der Waals surface area contributed by atoms with Crippen molar-refractivity contribution < 1.29 is 9.59 Å². The number of rotatable bonds is 8. The average Bonchev–Trinajstić information content (AvgIpc) is 2.65. The van der Waals surface area contributed by atoms with Crippen molar-refractivity contribution in [3.8, 4) is 0 Å². The van der Waals surface area contributed by atoms with Crippen molar-refractivity contribution >= 4 is 29.1 Å². The highest BCUT2D eigenvalue weighted by Crippen LogP contribution is 2.32. The fourth-order valence-corrected chi connectivity index (χ4v) is 3.45. The van der Waals surface area contributed by atoms with E-state index in [1.54, 1.807) is 0 Å².